The van der Waals surface area contributed by atoms with Gasteiger partial charge in [0.15, 0.2) is 10.4 Å². The molecular formula is C19H23BrN2O2S. The van der Waals surface area contributed by atoms with E-state index in [0.29, 0.717) is 22.9 Å². The van der Waals surface area contributed by atoms with Gasteiger partial charge in [-0.15, -0.1) is 11.8 Å². The molecule has 1 amide bonds. The van der Waals surface area contributed by atoms with Gasteiger partial charge < -0.3 is 9.73 Å². The third-order valence-electron chi connectivity index (χ3n) is 4.64. The number of hydrogen-bond donors (Lipinski definition) is 1. The number of nitrogens with zero attached hydrogens (tertiary/aromatic N) is 1. The Kier molecular flexibility index (Phi) is 6.62. The molecule has 1 aliphatic heterocycles. The molecule has 0 unspecified atom stereocenters. The smallest absolute Gasteiger partial charge is 0.287 e. The lowest BCUT2D eigenvalue weighted by Gasteiger charge is -2.32. The molecule has 4 nitrogen and oxygen atoms in total. The van der Waals surface area contributed by atoms with Crippen LogP contribution in [0.15, 0.2) is 50.4 Å². The maximum atomic E-state index is 12.0. The molecule has 2 heterocycles. The predicted molar refractivity (Wildman–Crippen MR) is 105 cm³/mol. The molecule has 1 N–H and O–H groups in total. The third-order valence-corrected chi connectivity index (χ3v) is 5.91. The van der Waals surface area contributed by atoms with Gasteiger partial charge in [0.25, 0.3) is 5.91 Å². The summed E-state index contributed by atoms with van der Waals surface area (Å²) in [6, 6.07) is 12.0. The minimum atomic E-state index is -0.137. The second-order valence-corrected chi connectivity index (χ2v) is 7.97. The molecule has 0 aliphatic carbocycles. The van der Waals surface area contributed by atoms with Crippen molar-refractivity contribution in [1.29, 1.82) is 0 Å². The van der Waals surface area contributed by atoms with Crippen molar-refractivity contribution in [3.8, 4) is 0 Å². The van der Waals surface area contributed by atoms with Crippen LogP contribution in [-0.2, 0) is 6.54 Å². The highest BCUT2D eigenvalue weighted by atomic mass is 79.9. The summed E-state index contributed by atoms with van der Waals surface area (Å²) in [4.78, 5) is 15.9. The van der Waals surface area contributed by atoms with Crippen molar-refractivity contribution in [3.63, 3.8) is 0 Å². The molecule has 1 aromatic carbocycles. The molecule has 2 aromatic rings. The van der Waals surface area contributed by atoms with Crippen molar-refractivity contribution < 1.29 is 9.21 Å². The van der Waals surface area contributed by atoms with Gasteiger partial charge in [-0.3, -0.25) is 9.69 Å². The topological polar surface area (TPSA) is 45.5 Å². The van der Waals surface area contributed by atoms with Crippen LogP contribution in [0.25, 0.3) is 0 Å². The number of amides is 1. The summed E-state index contributed by atoms with van der Waals surface area (Å²) in [5.41, 5.74) is 1.41. The van der Waals surface area contributed by atoms with Gasteiger partial charge in [0, 0.05) is 18.0 Å². The van der Waals surface area contributed by atoms with E-state index in [2.05, 4.69) is 56.7 Å². The maximum absolute atomic E-state index is 12.0. The fraction of sp³-hybridized carbons (Fsp3) is 0.421. The summed E-state index contributed by atoms with van der Waals surface area (Å²) in [6.07, 6.45) is 4.36. The van der Waals surface area contributed by atoms with E-state index in [1.54, 1.807) is 12.1 Å². The molecular weight excluding hydrogens is 400 g/mol. The summed E-state index contributed by atoms with van der Waals surface area (Å²) in [6.45, 7) is 3.88. The highest BCUT2D eigenvalue weighted by molar-refractivity contribution is 9.10. The van der Waals surface area contributed by atoms with Gasteiger partial charge in [-0.25, -0.2) is 0 Å². The summed E-state index contributed by atoms with van der Waals surface area (Å²) >= 11 is 5.03. The Balaban J connectivity index is 1.43. The Hall–Kier alpha value is -1.24. The first-order valence-corrected chi connectivity index (χ1v) is 10.6. The molecule has 1 aliphatic rings. The molecule has 0 atom stereocenters. The van der Waals surface area contributed by atoms with Crippen LogP contribution in [0, 0.1) is 5.92 Å². The van der Waals surface area contributed by atoms with E-state index in [4.69, 9.17) is 4.42 Å². The van der Waals surface area contributed by atoms with Crippen LogP contribution >= 0.6 is 27.7 Å². The van der Waals surface area contributed by atoms with E-state index in [-0.39, 0.29) is 5.91 Å². The Labute approximate surface area is 161 Å². The van der Waals surface area contributed by atoms with Crippen LogP contribution in [0.4, 0.5) is 0 Å². The predicted octanol–water partition coefficient (Wildman–Crippen LogP) is 4.41. The number of hydrogen-bond acceptors (Lipinski definition) is 4. The first kappa shape index (κ1) is 18.5. The Morgan fingerprint density at radius 2 is 2.04 bits per heavy atom. The number of nitrogens with one attached hydrogen (secondary N) is 1. The number of likely N-dealkylation sites (tertiary alicyclic amines) is 1. The Bertz CT molecular complexity index is 711. The van der Waals surface area contributed by atoms with Crippen LogP contribution in [0.2, 0.25) is 0 Å². The molecule has 0 spiro atoms. The molecule has 25 heavy (non-hydrogen) atoms. The minimum Gasteiger partial charge on any atom is -0.444 e. The minimum absolute atomic E-state index is 0.137. The van der Waals surface area contributed by atoms with Crippen LogP contribution in [0.5, 0.6) is 0 Å². The second-order valence-electron chi connectivity index (χ2n) is 6.35. The fourth-order valence-corrected chi connectivity index (χ4v) is 4.10. The van der Waals surface area contributed by atoms with Gasteiger partial charge in [-0.2, -0.15) is 0 Å². The van der Waals surface area contributed by atoms with E-state index in [1.165, 1.54) is 10.5 Å². The van der Waals surface area contributed by atoms with Crippen LogP contribution in [0.1, 0.15) is 29.0 Å². The summed E-state index contributed by atoms with van der Waals surface area (Å²) < 4.78 is 5.86. The molecule has 1 fully saturated rings. The average Bonchev–Trinajstić information content (AvgIpc) is 3.08. The van der Waals surface area contributed by atoms with Crippen LogP contribution in [0.3, 0.4) is 0 Å². The van der Waals surface area contributed by atoms with E-state index in [9.17, 15) is 4.79 Å². The zero-order valence-electron chi connectivity index (χ0n) is 14.3. The van der Waals surface area contributed by atoms with Crippen molar-refractivity contribution in [2.24, 2.45) is 5.92 Å². The van der Waals surface area contributed by atoms with Gasteiger partial charge in [-0.05, 0) is 77.8 Å². The number of thioether (sulfide) groups is 1. The van der Waals surface area contributed by atoms with E-state index in [0.717, 1.165) is 32.5 Å². The lowest BCUT2D eigenvalue weighted by atomic mass is 9.96. The van der Waals surface area contributed by atoms with Crippen molar-refractivity contribution in [1.82, 2.24) is 10.2 Å². The zero-order valence-corrected chi connectivity index (χ0v) is 16.7. The monoisotopic (exact) mass is 422 g/mol. The van der Waals surface area contributed by atoms with Crippen molar-refractivity contribution in [2.75, 3.05) is 25.9 Å². The standard InChI is InChI=1S/C19H23BrN2O2S/c1-25-17-5-3-2-4-15(17)13-22-10-8-14(9-11-22)12-21-19(23)16-6-7-18(20)24-16/h2-7,14H,8-13H2,1H3,(H,21,23). The summed E-state index contributed by atoms with van der Waals surface area (Å²) in [5.74, 6) is 0.759. The molecule has 6 heteroatoms. The number of halogens is 1. The second kappa shape index (κ2) is 8.92. The highest BCUT2D eigenvalue weighted by Gasteiger charge is 2.21. The van der Waals surface area contributed by atoms with E-state index >= 15 is 0 Å². The van der Waals surface area contributed by atoms with Crippen molar-refractivity contribution in [3.05, 3.63) is 52.4 Å². The van der Waals surface area contributed by atoms with Gasteiger partial charge in [0.2, 0.25) is 0 Å². The summed E-state index contributed by atoms with van der Waals surface area (Å²) in [5, 5.41) is 2.99. The maximum Gasteiger partial charge on any atom is 0.287 e. The lowest BCUT2D eigenvalue weighted by Crippen LogP contribution is -2.38. The number of benzene rings is 1. The number of carbonyl (C=O) groups is 1. The van der Waals surface area contributed by atoms with Crippen molar-refractivity contribution in [2.45, 2.75) is 24.3 Å². The number of carbonyl (C=O) groups excluding carboxylic acids is 1. The molecule has 1 saturated heterocycles. The molecule has 0 saturated carbocycles. The zero-order chi connectivity index (χ0) is 17.6. The molecule has 0 radical (unpaired) electrons. The number of piperidine rings is 1. The first-order valence-electron chi connectivity index (χ1n) is 8.53. The molecule has 134 valence electrons. The molecule has 3 rings (SSSR count). The van der Waals surface area contributed by atoms with Gasteiger partial charge >= 0.3 is 0 Å². The molecule has 0 bridgehead atoms. The Morgan fingerprint density at radius 3 is 2.72 bits per heavy atom. The SMILES string of the molecule is CSc1ccccc1CN1CCC(CNC(=O)c2ccc(Br)o2)CC1. The lowest BCUT2D eigenvalue weighted by molar-refractivity contribution is 0.0906. The summed E-state index contributed by atoms with van der Waals surface area (Å²) in [7, 11) is 0. The number of furan rings is 1. The van der Waals surface area contributed by atoms with Crippen LogP contribution in [-0.4, -0.2) is 36.7 Å². The largest absolute Gasteiger partial charge is 0.444 e. The van der Waals surface area contributed by atoms with E-state index < -0.39 is 0 Å². The van der Waals surface area contributed by atoms with Crippen LogP contribution < -0.4 is 5.32 Å². The van der Waals surface area contributed by atoms with Crippen molar-refractivity contribution >= 4 is 33.6 Å². The highest BCUT2D eigenvalue weighted by Crippen LogP contribution is 2.24. The van der Waals surface area contributed by atoms with Gasteiger partial charge in [-0.1, -0.05) is 18.2 Å². The fourth-order valence-electron chi connectivity index (χ4n) is 3.18. The molecule has 1 aromatic heterocycles. The third kappa shape index (κ3) is 5.12. The van der Waals surface area contributed by atoms with Gasteiger partial charge in [0.05, 0.1) is 0 Å². The number of rotatable bonds is 6. The average molecular weight is 423 g/mol. The first-order chi connectivity index (χ1) is 12.2. The normalized spacial score (nSPS) is 16.1. The Morgan fingerprint density at radius 1 is 1.28 bits per heavy atom. The van der Waals surface area contributed by atoms with Gasteiger partial charge in [0.1, 0.15) is 0 Å². The van der Waals surface area contributed by atoms with E-state index in [1.807, 2.05) is 11.8 Å². The quantitative estimate of drug-likeness (QED) is 0.700.